The van der Waals surface area contributed by atoms with E-state index < -0.39 is 11.9 Å². The Morgan fingerprint density at radius 2 is 1.70 bits per heavy atom. The maximum Gasteiger partial charge on any atom is 0.251 e. The topological polar surface area (TPSA) is 102 Å². The lowest BCUT2D eigenvalue weighted by Gasteiger charge is -2.22. The van der Waals surface area contributed by atoms with Crippen LogP contribution in [0.15, 0.2) is 54.6 Å². The lowest BCUT2D eigenvalue weighted by molar-refractivity contribution is -0.136. The number of para-hydroxylation sites is 1. The number of hydrogen-bond acceptors (Lipinski definition) is 4. The molecule has 1 fully saturated rings. The number of carbonyl (C=O) groups is 3. The number of nitrogens with two attached hydrogens (primary N) is 1. The van der Waals surface area contributed by atoms with Crippen LogP contribution in [0.4, 0.5) is 0 Å². The number of benzene rings is 2. The Hall–Kier alpha value is -3.35. The van der Waals surface area contributed by atoms with E-state index in [-0.39, 0.29) is 18.4 Å². The van der Waals surface area contributed by atoms with Crippen LogP contribution in [0.25, 0.3) is 0 Å². The molecule has 3 N–H and O–H groups in total. The average molecular weight is 367 g/mol. The molecule has 0 aromatic heterocycles. The molecular weight excluding hydrogens is 346 g/mol. The number of hydrogen-bond donors (Lipinski definition) is 2. The van der Waals surface area contributed by atoms with Crippen LogP contribution in [0.1, 0.15) is 23.2 Å². The molecule has 1 aliphatic rings. The van der Waals surface area contributed by atoms with E-state index in [1.165, 1.54) is 4.90 Å². The second kappa shape index (κ2) is 8.35. The van der Waals surface area contributed by atoms with Gasteiger partial charge < -0.3 is 20.7 Å². The fourth-order valence-corrected chi connectivity index (χ4v) is 3.02. The summed E-state index contributed by atoms with van der Waals surface area (Å²) in [5.74, 6) is 0.115. The predicted octanol–water partition coefficient (Wildman–Crippen LogP) is 1.68. The highest BCUT2D eigenvalue weighted by Crippen LogP contribution is 2.21. The predicted molar refractivity (Wildman–Crippen MR) is 99.2 cm³/mol. The smallest absolute Gasteiger partial charge is 0.251 e. The number of ether oxygens (including phenoxy) is 1. The fraction of sp³-hybridized carbons (Fsp3) is 0.250. The third kappa shape index (κ3) is 4.63. The van der Waals surface area contributed by atoms with Crippen molar-refractivity contribution < 1.29 is 19.1 Å². The van der Waals surface area contributed by atoms with Crippen molar-refractivity contribution in [1.29, 1.82) is 0 Å². The summed E-state index contributed by atoms with van der Waals surface area (Å²) >= 11 is 0. The first kappa shape index (κ1) is 18.4. The summed E-state index contributed by atoms with van der Waals surface area (Å²) in [6, 6.07) is 15.4. The molecule has 140 valence electrons. The van der Waals surface area contributed by atoms with Crippen LogP contribution in [0.5, 0.6) is 11.5 Å². The molecule has 0 spiro atoms. The quantitative estimate of drug-likeness (QED) is 0.811. The van der Waals surface area contributed by atoms with Crippen molar-refractivity contribution in [3.63, 3.8) is 0 Å². The number of amides is 3. The molecule has 7 nitrogen and oxygen atoms in total. The summed E-state index contributed by atoms with van der Waals surface area (Å²) in [5, 5.41) is 2.58. The molecule has 1 heterocycles. The van der Waals surface area contributed by atoms with Crippen molar-refractivity contribution >= 4 is 17.7 Å². The Bertz CT molecular complexity index is 821. The highest BCUT2D eigenvalue weighted by Gasteiger charge is 2.32. The number of nitrogens with one attached hydrogen (secondary N) is 1. The van der Waals surface area contributed by atoms with Gasteiger partial charge in [-0.15, -0.1) is 0 Å². The Kier molecular flexibility index (Phi) is 5.71. The van der Waals surface area contributed by atoms with E-state index in [4.69, 9.17) is 10.5 Å². The number of carbonyl (C=O) groups excluding carboxylic acids is 3. The molecule has 3 amide bonds. The van der Waals surface area contributed by atoms with E-state index in [2.05, 4.69) is 5.32 Å². The Labute approximate surface area is 157 Å². The lowest BCUT2D eigenvalue weighted by atomic mass is 10.2. The van der Waals surface area contributed by atoms with Gasteiger partial charge in [-0.1, -0.05) is 18.2 Å². The SMILES string of the molecule is NC(=O)C1CCCN1C(=O)CNC(=O)c1ccc(Oc2ccccc2)cc1. The molecule has 0 bridgehead atoms. The summed E-state index contributed by atoms with van der Waals surface area (Å²) in [7, 11) is 0. The van der Waals surface area contributed by atoms with E-state index in [1.807, 2.05) is 30.3 Å². The molecular formula is C20H21N3O4. The number of likely N-dealkylation sites (tertiary alicyclic amines) is 1. The van der Waals surface area contributed by atoms with E-state index in [0.717, 1.165) is 6.42 Å². The molecule has 1 atom stereocenters. The second-order valence-electron chi connectivity index (χ2n) is 6.27. The minimum atomic E-state index is -0.580. The maximum absolute atomic E-state index is 12.2. The van der Waals surface area contributed by atoms with Crippen molar-refractivity contribution in [3.05, 3.63) is 60.2 Å². The van der Waals surface area contributed by atoms with Crippen LogP contribution < -0.4 is 15.8 Å². The van der Waals surface area contributed by atoms with Gasteiger partial charge in [0.05, 0.1) is 6.54 Å². The van der Waals surface area contributed by atoms with Crippen LogP contribution in [0.2, 0.25) is 0 Å². The monoisotopic (exact) mass is 367 g/mol. The molecule has 1 aliphatic heterocycles. The number of rotatable bonds is 6. The molecule has 1 saturated heterocycles. The normalized spacial score (nSPS) is 16.0. The van der Waals surface area contributed by atoms with E-state index in [0.29, 0.717) is 30.0 Å². The van der Waals surface area contributed by atoms with Crippen molar-refractivity contribution in [2.45, 2.75) is 18.9 Å². The standard InChI is InChI=1S/C20H21N3O4/c21-19(25)17-7-4-12-23(17)18(24)13-22-20(26)14-8-10-16(11-9-14)27-15-5-2-1-3-6-15/h1-3,5-6,8-11,17H,4,7,12-13H2,(H2,21,25)(H,22,26). The molecule has 0 radical (unpaired) electrons. The van der Waals surface area contributed by atoms with Crippen LogP contribution in [0, 0.1) is 0 Å². The minimum absolute atomic E-state index is 0.176. The summed E-state index contributed by atoms with van der Waals surface area (Å²) in [6.07, 6.45) is 1.30. The fourth-order valence-electron chi connectivity index (χ4n) is 3.02. The molecule has 1 unspecified atom stereocenters. The van der Waals surface area contributed by atoms with Crippen molar-refractivity contribution in [1.82, 2.24) is 10.2 Å². The van der Waals surface area contributed by atoms with E-state index in [1.54, 1.807) is 24.3 Å². The van der Waals surface area contributed by atoms with Crippen LogP contribution in [-0.2, 0) is 9.59 Å². The summed E-state index contributed by atoms with van der Waals surface area (Å²) in [6.45, 7) is 0.304. The zero-order valence-corrected chi connectivity index (χ0v) is 14.8. The Balaban J connectivity index is 1.53. The summed E-state index contributed by atoms with van der Waals surface area (Å²) in [5.41, 5.74) is 5.72. The highest BCUT2D eigenvalue weighted by molar-refractivity contribution is 5.97. The van der Waals surface area contributed by atoms with Crippen molar-refractivity contribution in [2.75, 3.05) is 13.1 Å². The number of primary amides is 1. The zero-order chi connectivity index (χ0) is 19.2. The summed E-state index contributed by atoms with van der Waals surface area (Å²) in [4.78, 5) is 37.3. The molecule has 2 aromatic carbocycles. The summed E-state index contributed by atoms with van der Waals surface area (Å²) < 4.78 is 5.68. The van der Waals surface area contributed by atoms with Gasteiger partial charge in [0.25, 0.3) is 5.91 Å². The van der Waals surface area contributed by atoms with Gasteiger partial charge in [-0.3, -0.25) is 14.4 Å². The third-order valence-corrected chi connectivity index (χ3v) is 4.40. The van der Waals surface area contributed by atoms with Crippen molar-refractivity contribution in [3.8, 4) is 11.5 Å². The van der Waals surface area contributed by atoms with Gasteiger partial charge >= 0.3 is 0 Å². The highest BCUT2D eigenvalue weighted by atomic mass is 16.5. The lowest BCUT2D eigenvalue weighted by Crippen LogP contribution is -2.47. The van der Waals surface area contributed by atoms with Gasteiger partial charge in [0.2, 0.25) is 11.8 Å². The van der Waals surface area contributed by atoms with Gasteiger partial charge in [0.1, 0.15) is 17.5 Å². The second-order valence-corrected chi connectivity index (χ2v) is 6.27. The minimum Gasteiger partial charge on any atom is -0.457 e. The first-order chi connectivity index (χ1) is 13.0. The molecule has 0 aliphatic carbocycles. The zero-order valence-electron chi connectivity index (χ0n) is 14.8. The van der Waals surface area contributed by atoms with Gasteiger partial charge in [-0.2, -0.15) is 0 Å². The third-order valence-electron chi connectivity index (χ3n) is 4.40. The molecule has 2 aromatic rings. The van der Waals surface area contributed by atoms with E-state index >= 15 is 0 Å². The maximum atomic E-state index is 12.2. The van der Waals surface area contributed by atoms with Crippen molar-refractivity contribution in [2.24, 2.45) is 5.73 Å². The molecule has 7 heteroatoms. The first-order valence-corrected chi connectivity index (χ1v) is 8.74. The Morgan fingerprint density at radius 3 is 2.37 bits per heavy atom. The van der Waals surface area contributed by atoms with Gasteiger partial charge in [-0.05, 0) is 49.2 Å². The average Bonchev–Trinajstić information content (AvgIpc) is 3.17. The van der Waals surface area contributed by atoms with Crippen LogP contribution in [-0.4, -0.2) is 41.8 Å². The van der Waals surface area contributed by atoms with Gasteiger partial charge in [0, 0.05) is 12.1 Å². The van der Waals surface area contributed by atoms with Gasteiger partial charge in [0.15, 0.2) is 0 Å². The molecule has 0 saturated carbocycles. The van der Waals surface area contributed by atoms with Crippen LogP contribution in [0.3, 0.4) is 0 Å². The van der Waals surface area contributed by atoms with Gasteiger partial charge in [-0.25, -0.2) is 0 Å². The molecule has 3 rings (SSSR count). The van der Waals surface area contributed by atoms with E-state index in [9.17, 15) is 14.4 Å². The first-order valence-electron chi connectivity index (χ1n) is 8.74. The molecule has 27 heavy (non-hydrogen) atoms. The van der Waals surface area contributed by atoms with Crippen LogP contribution >= 0.6 is 0 Å². The Morgan fingerprint density at radius 1 is 1.04 bits per heavy atom. The number of nitrogens with zero attached hydrogens (tertiary/aromatic N) is 1. The largest absolute Gasteiger partial charge is 0.457 e.